The third-order valence-electron chi connectivity index (χ3n) is 4.63. The lowest BCUT2D eigenvalue weighted by atomic mass is 10.1. The lowest BCUT2D eigenvalue weighted by Gasteiger charge is -2.15. The van der Waals surface area contributed by atoms with Gasteiger partial charge in [0.2, 0.25) is 0 Å². The maximum atomic E-state index is 12.6. The van der Waals surface area contributed by atoms with E-state index in [1.54, 1.807) is 0 Å². The summed E-state index contributed by atoms with van der Waals surface area (Å²) in [6.45, 7) is 0. The van der Waals surface area contributed by atoms with Crippen LogP contribution in [0.25, 0.3) is 10.8 Å². The van der Waals surface area contributed by atoms with Crippen molar-refractivity contribution in [1.82, 2.24) is 10.2 Å². The molecule has 0 bridgehead atoms. The van der Waals surface area contributed by atoms with E-state index in [0.29, 0.717) is 11.7 Å². The highest BCUT2D eigenvalue weighted by Crippen LogP contribution is 2.27. The largest absolute Gasteiger partial charge is 0.365 e. The van der Waals surface area contributed by atoms with Crippen LogP contribution in [0.15, 0.2) is 54.6 Å². The number of nitrogens with zero attached hydrogens (tertiary/aromatic N) is 2. The Hall–Kier alpha value is -2.95. The number of aromatic nitrogens is 2. The number of hydrogen-bond donors (Lipinski definition) is 2. The van der Waals surface area contributed by atoms with Gasteiger partial charge < -0.3 is 10.6 Å². The molecule has 1 aromatic heterocycles. The third-order valence-corrected chi connectivity index (χ3v) is 4.63. The summed E-state index contributed by atoms with van der Waals surface area (Å²) >= 11 is 0. The first kappa shape index (κ1) is 15.6. The molecule has 126 valence electrons. The summed E-state index contributed by atoms with van der Waals surface area (Å²) in [5, 5.41) is 16.7. The van der Waals surface area contributed by atoms with Crippen molar-refractivity contribution in [3.05, 3.63) is 60.3 Å². The van der Waals surface area contributed by atoms with Crippen molar-refractivity contribution in [3.8, 4) is 0 Å². The molecule has 1 fully saturated rings. The minimum absolute atomic E-state index is 0.248. The topological polar surface area (TPSA) is 66.9 Å². The molecule has 1 saturated carbocycles. The summed E-state index contributed by atoms with van der Waals surface area (Å²) in [6, 6.07) is 17.6. The maximum Gasteiger partial charge on any atom is 0.276 e. The van der Waals surface area contributed by atoms with E-state index in [9.17, 15) is 4.79 Å². The summed E-state index contributed by atoms with van der Waals surface area (Å²) in [5.41, 5.74) is 1.09. The second kappa shape index (κ2) is 6.89. The van der Waals surface area contributed by atoms with E-state index in [0.717, 1.165) is 35.1 Å². The van der Waals surface area contributed by atoms with E-state index < -0.39 is 0 Å². The number of rotatable bonds is 4. The van der Waals surface area contributed by atoms with Crippen LogP contribution in [0.5, 0.6) is 0 Å². The third kappa shape index (κ3) is 3.31. The smallest absolute Gasteiger partial charge is 0.276 e. The Morgan fingerprint density at radius 2 is 1.56 bits per heavy atom. The van der Waals surface area contributed by atoms with Crippen LogP contribution in [0.2, 0.25) is 0 Å². The molecule has 2 aromatic carbocycles. The molecule has 0 unspecified atom stereocenters. The van der Waals surface area contributed by atoms with Gasteiger partial charge >= 0.3 is 0 Å². The molecule has 25 heavy (non-hydrogen) atoms. The summed E-state index contributed by atoms with van der Waals surface area (Å²) in [5.74, 6) is 0.515. The van der Waals surface area contributed by atoms with Gasteiger partial charge in [0.15, 0.2) is 11.5 Å². The fourth-order valence-corrected chi connectivity index (χ4v) is 3.35. The van der Waals surface area contributed by atoms with Crippen LogP contribution in [0, 0.1) is 0 Å². The van der Waals surface area contributed by atoms with Crippen molar-refractivity contribution >= 4 is 28.2 Å². The van der Waals surface area contributed by atoms with Gasteiger partial charge in [-0.2, -0.15) is 0 Å². The van der Waals surface area contributed by atoms with Gasteiger partial charge in [0, 0.05) is 22.5 Å². The van der Waals surface area contributed by atoms with E-state index >= 15 is 0 Å². The van der Waals surface area contributed by atoms with Gasteiger partial charge in [-0.05, 0) is 25.0 Å². The quantitative estimate of drug-likeness (QED) is 0.750. The number of carbonyl (C=O) groups is 1. The normalized spacial score (nSPS) is 14.6. The van der Waals surface area contributed by atoms with Crippen molar-refractivity contribution in [2.45, 2.75) is 31.7 Å². The zero-order valence-electron chi connectivity index (χ0n) is 13.9. The molecule has 0 aliphatic heterocycles. The van der Waals surface area contributed by atoms with Crippen molar-refractivity contribution in [3.63, 3.8) is 0 Å². The first-order valence-corrected chi connectivity index (χ1v) is 8.69. The Balaban J connectivity index is 1.67. The first-order valence-electron chi connectivity index (χ1n) is 8.69. The highest BCUT2D eigenvalue weighted by Gasteiger charge is 2.19. The van der Waals surface area contributed by atoms with Crippen molar-refractivity contribution in [2.24, 2.45) is 0 Å². The van der Waals surface area contributed by atoms with Crippen LogP contribution >= 0.6 is 0 Å². The number of nitrogens with one attached hydrogen (secondary N) is 2. The predicted octanol–water partition coefficient (Wildman–Crippen LogP) is 4.24. The fraction of sp³-hybridized carbons (Fsp3) is 0.250. The van der Waals surface area contributed by atoms with Crippen molar-refractivity contribution < 1.29 is 4.79 Å². The molecular formula is C20H20N4O. The minimum Gasteiger partial charge on any atom is -0.365 e. The van der Waals surface area contributed by atoms with Gasteiger partial charge in [-0.1, -0.05) is 55.3 Å². The fourth-order valence-electron chi connectivity index (χ4n) is 3.35. The highest BCUT2D eigenvalue weighted by atomic mass is 16.1. The van der Waals surface area contributed by atoms with E-state index in [4.69, 9.17) is 0 Å². The summed E-state index contributed by atoms with van der Waals surface area (Å²) in [4.78, 5) is 12.6. The summed E-state index contributed by atoms with van der Waals surface area (Å²) in [7, 11) is 0. The van der Waals surface area contributed by atoms with Crippen LogP contribution in [0.3, 0.4) is 0 Å². The number of para-hydroxylation sites is 1. The van der Waals surface area contributed by atoms with E-state index in [1.165, 1.54) is 12.8 Å². The highest BCUT2D eigenvalue weighted by molar-refractivity contribution is 6.12. The molecule has 5 nitrogen and oxygen atoms in total. The van der Waals surface area contributed by atoms with Gasteiger partial charge in [-0.15, -0.1) is 10.2 Å². The number of fused-ring (bicyclic) bond motifs is 1. The van der Waals surface area contributed by atoms with Crippen molar-refractivity contribution in [2.75, 3.05) is 10.6 Å². The first-order chi connectivity index (χ1) is 12.3. The zero-order chi connectivity index (χ0) is 17.1. The molecule has 0 radical (unpaired) electrons. The molecule has 0 spiro atoms. The second-order valence-electron chi connectivity index (χ2n) is 6.39. The Morgan fingerprint density at radius 1 is 0.880 bits per heavy atom. The number of anilines is 2. The van der Waals surface area contributed by atoms with Crippen LogP contribution in [0.4, 0.5) is 11.5 Å². The lowest BCUT2D eigenvalue weighted by molar-refractivity contribution is 0.102. The van der Waals surface area contributed by atoms with Crippen LogP contribution in [-0.2, 0) is 0 Å². The molecule has 3 aromatic rings. The molecule has 2 N–H and O–H groups in total. The van der Waals surface area contributed by atoms with E-state index in [1.807, 2.05) is 54.6 Å². The summed E-state index contributed by atoms with van der Waals surface area (Å²) in [6.07, 6.45) is 4.82. The van der Waals surface area contributed by atoms with Crippen molar-refractivity contribution in [1.29, 1.82) is 0 Å². The van der Waals surface area contributed by atoms with Gasteiger partial charge in [0.25, 0.3) is 5.91 Å². The molecule has 1 heterocycles. The van der Waals surface area contributed by atoms with Crippen LogP contribution in [-0.4, -0.2) is 22.1 Å². The standard InChI is InChI=1S/C20H20N4O/c25-20(22-15-8-2-1-3-9-15)18-16-12-6-7-13-17(16)19(24-23-18)21-14-10-4-5-11-14/h1-3,6-9,12-14H,4-5,10-11H2,(H,21,24)(H,22,25). The van der Waals surface area contributed by atoms with Crippen LogP contribution < -0.4 is 10.6 Å². The Bertz CT molecular complexity index is 889. The maximum absolute atomic E-state index is 12.6. The second-order valence-corrected chi connectivity index (χ2v) is 6.39. The Kier molecular flexibility index (Phi) is 4.29. The molecule has 1 aliphatic carbocycles. The molecule has 4 rings (SSSR count). The lowest BCUT2D eigenvalue weighted by Crippen LogP contribution is -2.19. The Labute approximate surface area is 146 Å². The predicted molar refractivity (Wildman–Crippen MR) is 99.8 cm³/mol. The SMILES string of the molecule is O=C(Nc1ccccc1)c1nnc(NC2CCCC2)c2ccccc12. The molecule has 0 atom stereocenters. The van der Waals surface area contributed by atoms with Gasteiger partial charge in [-0.3, -0.25) is 4.79 Å². The molecule has 1 amide bonds. The summed E-state index contributed by atoms with van der Waals surface area (Å²) < 4.78 is 0. The number of carbonyl (C=O) groups excluding carboxylic acids is 1. The zero-order valence-corrected chi connectivity index (χ0v) is 13.9. The molecule has 0 saturated heterocycles. The minimum atomic E-state index is -0.248. The Morgan fingerprint density at radius 3 is 2.32 bits per heavy atom. The number of benzene rings is 2. The van der Waals surface area contributed by atoms with E-state index in [-0.39, 0.29) is 5.91 Å². The molecular weight excluding hydrogens is 312 g/mol. The number of hydrogen-bond acceptors (Lipinski definition) is 4. The van der Waals surface area contributed by atoms with Gasteiger partial charge in [0.05, 0.1) is 0 Å². The number of amides is 1. The molecule has 1 aliphatic rings. The average molecular weight is 332 g/mol. The van der Waals surface area contributed by atoms with Gasteiger partial charge in [-0.25, -0.2) is 0 Å². The van der Waals surface area contributed by atoms with Gasteiger partial charge in [0.1, 0.15) is 0 Å². The monoisotopic (exact) mass is 332 g/mol. The average Bonchev–Trinajstić information content (AvgIpc) is 3.16. The van der Waals surface area contributed by atoms with E-state index in [2.05, 4.69) is 20.8 Å². The van der Waals surface area contributed by atoms with Crippen LogP contribution in [0.1, 0.15) is 36.2 Å². The molecule has 5 heteroatoms.